The third-order valence-electron chi connectivity index (χ3n) is 4.28. The molecule has 1 aliphatic rings. The minimum Gasteiger partial charge on any atom is -0.486 e. The lowest BCUT2D eigenvalue weighted by Crippen LogP contribution is -2.28. The van der Waals surface area contributed by atoms with Gasteiger partial charge in [-0.05, 0) is 23.8 Å². The van der Waals surface area contributed by atoms with Gasteiger partial charge in [0.25, 0.3) is 11.6 Å². The van der Waals surface area contributed by atoms with Crippen molar-refractivity contribution in [3.05, 3.63) is 57.6 Å². The number of hydrogen-bond donors (Lipinski definition) is 0. The molecule has 2 aromatic rings. The van der Waals surface area contributed by atoms with Crippen molar-refractivity contribution in [1.82, 2.24) is 4.90 Å². The summed E-state index contributed by atoms with van der Waals surface area (Å²) in [5, 5.41) is 11.1. The second-order valence-electron chi connectivity index (χ2n) is 6.49. The number of carbonyl (C=O) groups is 1. The molecule has 1 amide bonds. The van der Waals surface area contributed by atoms with Gasteiger partial charge >= 0.3 is 0 Å². The van der Waals surface area contributed by atoms with E-state index in [2.05, 4.69) is 0 Å². The first-order valence-electron chi connectivity index (χ1n) is 8.46. The number of ether oxygens (including phenoxy) is 2. The average Bonchev–Trinajstić information content (AvgIpc) is 2.66. The van der Waals surface area contributed by atoms with E-state index in [1.807, 2.05) is 18.2 Å². The first-order valence-corrected chi connectivity index (χ1v) is 8.46. The van der Waals surface area contributed by atoms with Gasteiger partial charge in [-0.15, -0.1) is 0 Å². The van der Waals surface area contributed by atoms with Crippen molar-refractivity contribution >= 4 is 17.3 Å². The summed E-state index contributed by atoms with van der Waals surface area (Å²) in [6.07, 6.45) is 0. The van der Waals surface area contributed by atoms with E-state index in [1.54, 1.807) is 32.1 Å². The van der Waals surface area contributed by atoms with Gasteiger partial charge in [0.05, 0.1) is 10.5 Å². The molecular weight excluding hydrogens is 350 g/mol. The van der Waals surface area contributed by atoms with Crippen LogP contribution in [0, 0.1) is 10.1 Å². The SMILES string of the molecule is CN(Cc1ccc2c(c1)OCCO2)C(=O)c1cc([N+](=O)[O-])ccc1N(C)C. The number of benzene rings is 2. The van der Waals surface area contributed by atoms with E-state index in [4.69, 9.17) is 9.47 Å². The summed E-state index contributed by atoms with van der Waals surface area (Å²) in [7, 11) is 5.24. The zero-order valence-corrected chi connectivity index (χ0v) is 15.5. The standard InChI is InChI=1S/C19H21N3O5/c1-20(2)16-6-5-14(22(24)25)11-15(16)19(23)21(3)12-13-4-7-17-18(10-13)27-9-8-26-17/h4-7,10-11H,8-9,12H2,1-3H3. The fourth-order valence-corrected chi connectivity index (χ4v) is 2.94. The van der Waals surface area contributed by atoms with Crippen LogP contribution in [0.1, 0.15) is 15.9 Å². The molecule has 8 nitrogen and oxygen atoms in total. The Hall–Kier alpha value is -3.29. The van der Waals surface area contributed by atoms with Gasteiger partial charge in [-0.25, -0.2) is 0 Å². The van der Waals surface area contributed by atoms with Crippen LogP contribution < -0.4 is 14.4 Å². The van der Waals surface area contributed by atoms with E-state index in [9.17, 15) is 14.9 Å². The molecule has 0 aromatic heterocycles. The zero-order chi connectivity index (χ0) is 19.6. The third-order valence-corrected chi connectivity index (χ3v) is 4.28. The van der Waals surface area contributed by atoms with Crippen LogP contribution in [0.2, 0.25) is 0 Å². The minimum atomic E-state index is -0.503. The molecule has 0 saturated carbocycles. The van der Waals surface area contributed by atoms with Crippen LogP contribution in [-0.2, 0) is 6.54 Å². The highest BCUT2D eigenvalue weighted by Gasteiger charge is 2.21. The van der Waals surface area contributed by atoms with Gasteiger partial charge in [0.15, 0.2) is 11.5 Å². The molecule has 0 fully saturated rings. The fraction of sp³-hybridized carbons (Fsp3) is 0.316. The van der Waals surface area contributed by atoms with Crippen LogP contribution in [-0.4, -0.2) is 50.1 Å². The number of nitrogens with zero attached hydrogens (tertiary/aromatic N) is 3. The molecule has 3 rings (SSSR count). The molecule has 8 heteroatoms. The van der Waals surface area contributed by atoms with Crippen LogP contribution in [0.25, 0.3) is 0 Å². The Morgan fingerprint density at radius 3 is 2.44 bits per heavy atom. The Kier molecular flexibility index (Phi) is 5.16. The topological polar surface area (TPSA) is 85.1 Å². The predicted molar refractivity (Wildman–Crippen MR) is 101 cm³/mol. The second-order valence-corrected chi connectivity index (χ2v) is 6.49. The van der Waals surface area contributed by atoms with Crippen LogP contribution in [0.3, 0.4) is 0 Å². The van der Waals surface area contributed by atoms with Gasteiger partial charge in [0, 0.05) is 45.5 Å². The number of nitro groups is 1. The van der Waals surface area contributed by atoms with Gasteiger partial charge in [0.2, 0.25) is 0 Å². The average molecular weight is 371 g/mol. The van der Waals surface area contributed by atoms with Crippen molar-refractivity contribution in [2.24, 2.45) is 0 Å². The Balaban J connectivity index is 1.85. The highest BCUT2D eigenvalue weighted by Crippen LogP contribution is 2.31. The fourth-order valence-electron chi connectivity index (χ4n) is 2.94. The number of fused-ring (bicyclic) bond motifs is 1. The van der Waals surface area contributed by atoms with Crippen LogP contribution >= 0.6 is 0 Å². The number of anilines is 1. The highest BCUT2D eigenvalue weighted by molar-refractivity contribution is 6.00. The van der Waals surface area contributed by atoms with E-state index in [1.165, 1.54) is 17.0 Å². The molecule has 0 aliphatic carbocycles. The van der Waals surface area contributed by atoms with Crippen molar-refractivity contribution in [2.75, 3.05) is 39.3 Å². The quantitative estimate of drug-likeness (QED) is 0.593. The molecule has 0 atom stereocenters. The van der Waals surface area contributed by atoms with Crippen molar-refractivity contribution in [3.63, 3.8) is 0 Å². The van der Waals surface area contributed by atoms with Gasteiger partial charge in [-0.2, -0.15) is 0 Å². The van der Waals surface area contributed by atoms with E-state index < -0.39 is 4.92 Å². The lowest BCUT2D eigenvalue weighted by atomic mass is 10.1. The molecule has 0 bridgehead atoms. The first kappa shape index (κ1) is 18.5. The lowest BCUT2D eigenvalue weighted by Gasteiger charge is -2.23. The summed E-state index contributed by atoms with van der Waals surface area (Å²) in [5.41, 5.74) is 1.68. The summed E-state index contributed by atoms with van der Waals surface area (Å²) in [6.45, 7) is 1.35. The van der Waals surface area contributed by atoms with E-state index in [0.29, 0.717) is 36.9 Å². The maximum Gasteiger partial charge on any atom is 0.270 e. The monoisotopic (exact) mass is 371 g/mol. The zero-order valence-electron chi connectivity index (χ0n) is 15.5. The van der Waals surface area contributed by atoms with Gasteiger partial charge in [0.1, 0.15) is 13.2 Å². The molecule has 27 heavy (non-hydrogen) atoms. The second kappa shape index (κ2) is 7.53. The summed E-state index contributed by atoms with van der Waals surface area (Å²) in [6, 6.07) is 9.84. The Morgan fingerprint density at radius 2 is 1.78 bits per heavy atom. The van der Waals surface area contributed by atoms with Gasteiger partial charge in [-0.3, -0.25) is 14.9 Å². The largest absolute Gasteiger partial charge is 0.486 e. The molecule has 0 N–H and O–H groups in total. The molecule has 0 radical (unpaired) electrons. The number of carbonyl (C=O) groups excluding carboxylic acids is 1. The maximum absolute atomic E-state index is 13.0. The lowest BCUT2D eigenvalue weighted by molar-refractivity contribution is -0.384. The molecule has 1 aliphatic heterocycles. The van der Waals surface area contributed by atoms with Crippen molar-refractivity contribution in [1.29, 1.82) is 0 Å². The van der Waals surface area contributed by atoms with E-state index in [-0.39, 0.29) is 17.2 Å². The number of amides is 1. The molecule has 0 spiro atoms. The van der Waals surface area contributed by atoms with Crippen molar-refractivity contribution in [2.45, 2.75) is 6.54 Å². The summed E-state index contributed by atoms with van der Waals surface area (Å²) in [4.78, 5) is 26.8. The normalized spacial score (nSPS) is 12.4. The Bertz CT molecular complexity index is 882. The Morgan fingerprint density at radius 1 is 1.07 bits per heavy atom. The van der Waals surface area contributed by atoms with Crippen LogP contribution in [0.5, 0.6) is 11.5 Å². The summed E-state index contributed by atoms with van der Waals surface area (Å²) in [5.74, 6) is 1.05. The Labute approximate surface area is 157 Å². The summed E-state index contributed by atoms with van der Waals surface area (Å²) >= 11 is 0. The first-order chi connectivity index (χ1) is 12.9. The maximum atomic E-state index is 13.0. The number of non-ortho nitro benzene ring substituents is 1. The third kappa shape index (κ3) is 3.94. The van der Waals surface area contributed by atoms with Crippen molar-refractivity contribution < 1.29 is 19.2 Å². The van der Waals surface area contributed by atoms with Gasteiger partial charge < -0.3 is 19.3 Å². The smallest absolute Gasteiger partial charge is 0.270 e. The number of rotatable bonds is 5. The molecule has 2 aromatic carbocycles. The van der Waals surface area contributed by atoms with Crippen molar-refractivity contribution in [3.8, 4) is 11.5 Å². The molecule has 0 unspecified atom stereocenters. The van der Waals surface area contributed by atoms with E-state index in [0.717, 1.165) is 5.56 Å². The number of nitro benzene ring substituents is 1. The van der Waals surface area contributed by atoms with Gasteiger partial charge in [-0.1, -0.05) is 6.07 Å². The highest BCUT2D eigenvalue weighted by atomic mass is 16.6. The molecule has 1 heterocycles. The van der Waals surface area contributed by atoms with E-state index >= 15 is 0 Å². The molecular formula is C19H21N3O5. The van der Waals surface area contributed by atoms with Crippen LogP contribution in [0.15, 0.2) is 36.4 Å². The minimum absolute atomic E-state index is 0.114. The number of hydrogen-bond acceptors (Lipinski definition) is 6. The molecule has 0 saturated heterocycles. The summed E-state index contributed by atoms with van der Waals surface area (Å²) < 4.78 is 11.1. The molecule has 142 valence electrons. The predicted octanol–water partition coefficient (Wildman–Crippen LogP) is 2.70. The van der Waals surface area contributed by atoms with Crippen LogP contribution in [0.4, 0.5) is 11.4 Å².